The van der Waals surface area contributed by atoms with Crippen LogP contribution < -0.4 is 0 Å². The Morgan fingerprint density at radius 1 is 1.25 bits per heavy atom. The molecule has 0 aromatic carbocycles. The zero-order chi connectivity index (χ0) is 9.56. The van der Waals surface area contributed by atoms with Crippen molar-refractivity contribution in [3.63, 3.8) is 0 Å². The topological polar surface area (TPSA) is 52.6 Å². The predicted molar refractivity (Wildman–Crippen MR) is 42.4 cm³/mol. The molecule has 0 heterocycles. The van der Waals surface area contributed by atoms with Crippen LogP contribution in [0.4, 0.5) is 0 Å². The number of hydrogen-bond acceptors (Lipinski definition) is 4. The molecule has 0 amide bonds. The smallest absolute Gasteiger partial charge is 0.308 e. The number of methoxy groups -OCH3 is 2. The van der Waals surface area contributed by atoms with E-state index in [4.69, 9.17) is 0 Å². The Hall–Kier alpha value is -1.06. The molecule has 0 aromatic heterocycles. The third-order valence-electron chi connectivity index (χ3n) is 1.61. The van der Waals surface area contributed by atoms with Crippen LogP contribution in [0, 0.1) is 5.92 Å². The highest BCUT2D eigenvalue weighted by atomic mass is 16.5. The van der Waals surface area contributed by atoms with Gasteiger partial charge in [0.2, 0.25) is 0 Å². The standard InChI is InChI=1S/C8H14O4/c1-6(8(10)12-3)4-5-7(9)11-2/h6H,4-5H2,1-3H3. The van der Waals surface area contributed by atoms with Gasteiger partial charge < -0.3 is 9.47 Å². The zero-order valence-corrected chi connectivity index (χ0v) is 7.62. The summed E-state index contributed by atoms with van der Waals surface area (Å²) in [5, 5.41) is 0. The third kappa shape index (κ3) is 3.95. The monoisotopic (exact) mass is 174 g/mol. The molecule has 1 atom stereocenters. The average Bonchev–Trinajstić information content (AvgIpc) is 2.11. The average molecular weight is 174 g/mol. The molecule has 70 valence electrons. The van der Waals surface area contributed by atoms with E-state index >= 15 is 0 Å². The van der Waals surface area contributed by atoms with Crippen molar-refractivity contribution in [1.29, 1.82) is 0 Å². The van der Waals surface area contributed by atoms with Gasteiger partial charge in [0.1, 0.15) is 0 Å². The van der Waals surface area contributed by atoms with Crippen LogP contribution in [-0.4, -0.2) is 26.2 Å². The highest BCUT2D eigenvalue weighted by Crippen LogP contribution is 2.07. The zero-order valence-electron chi connectivity index (χ0n) is 7.62. The molecule has 0 fully saturated rings. The molecule has 0 radical (unpaired) electrons. The van der Waals surface area contributed by atoms with Crippen LogP contribution in [0.3, 0.4) is 0 Å². The van der Waals surface area contributed by atoms with Gasteiger partial charge in [-0.3, -0.25) is 9.59 Å². The normalized spacial score (nSPS) is 11.9. The minimum absolute atomic E-state index is 0.242. The molecule has 0 saturated carbocycles. The van der Waals surface area contributed by atoms with Gasteiger partial charge in [-0.2, -0.15) is 0 Å². The molecule has 0 aromatic rings. The van der Waals surface area contributed by atoms with Crippen molar-refractivity contribution in [2.45, 2.75) is 19.8 Å². The molecule has 0 bridgehead atoms. The highest BCUT2D eigenvalue weighted by molar-refractivity contribution is 5.74. The lowest BCUT2D eigenvalue weighted by atomic mass is 10.1. The summed E-state index contributed by atoms with van der Waals surface area (Å²) < 4.78 is 8.91. The quantitative estimate of drug-likeness (QED) is 0.590. The van der Waals surface area contributed by atoms with Gasteiger partial charge in [-0.05, 0) is 6.42 Å². The maximum Gasteiger partial charge on any atom is 0.308 e. The molecule has 12 heavy (non-hydrogen) atoms. The Labute approximate surface area is 71.8 Å². The van der Waals surface area contributed by atoms with Crippen LogP contribution >= 0.6 is 0 Å². The summed E-state index contributed by atoms with van der Waals surface area (Å²) in [6.07, 6.45) is 0.728. The van der Waals surface area contributed by atoms with Gasteiger partial charge in [-0.25, -0.2) is 0 Å². The first-order valence-corrected chi connectivity index (χ1v) is 3.76. The fourth-order valence-electron chi connectivity index (χ4n) is 0.755. The number of esters is 2. The minimum atomic E-state index is -0.300. The molecule has 4 heteroatoms. The lowest BCUT2D eigenvalue weighted by molar-refractivity contribution is -0.146. The van der Waals surface area contributed by atoms with Crippen LogP contribution in [-0.2, 0) is 19.1 Å². The Kier molecular flexibility index (Phi) is 5.08. The summed E-state index contributed by atoms with van der Waals surface area (Å²) >= 11 is 0. The third-order valence-corrected chi connectivity index (χ3v) is 1.61. The predicted octanol–water partition coefficient (Wildman–Crippen LogP) is 0.749. The molecule has 1 unspecified atom stereocenters. The van der Waals surface area contributed by atoms with E-state index in [1.807, 2.05) is 0 Å². The minimum Gasteiger partial charge on any atom is -0.469 e. The first-order valence-electron chi connectivity index (χ1n) is 3.76. The van der Waals surface area contributed by atoms with Crippen molar-refractivity contribution in [3.8, 4) is 0 Å². The van der Waals surface area contributed by atoms with E-state index in [1.165, 1.54) is 14.2 Å². The molecule has 0 spiro atoms. The van der Waals surface area contributed by atoms with E-state index in [0.29, 0.717) is 6.42 Å². The van der Waals surface area contributed by atoms with Gasteiger partial charge >= 0.3 is 11.9 Å². The number of ether oxygens (including phenoxy) is 2. The first kappa shape index (κ1) is 10.9. The second-order valence-electron chi connectivity index (χ2n) is 2.54. The molecule has 0 N–H and O–H groups in total. The molecule has 0 rings (SSSR count). The Bertz CT molecular complexity index is 164. The first-order chi connectivity index (χ1) is 5.61. The molecule has 0 aliphatic carbocycles. The van der Waals surface area contributed by atoms with E-state index < -0.39 is 0 Å². The summed E-state index contributed by atoms with van der Waals surface area (Å²) in [5.74, 6) is -0.834. The summed E-state index contributed by atoms with van der Waals surface area (Å²) in [5.41, 5.74) is 0. The van der Waals surface area contributed by atoms with E-state index in [-0.39, 0.29) is 24.3 Å². The van der Waals surface area contributed by atoms with Crippen molar-refractivity contribution in [2.24, 2.45) is 5.92 Å². The van der Waals surface area contributed by atoms with Crippen molar-refractivity contribution in [1.82, 2.24) is 0 Å². The summed E-state index contributed by atoms with van der Waals surface area (Å²) in [4.78, 5) is 21.5. The molecule has 4 nitrogen and oxygen atoms in total. The second kappa shape index (κ2) is 5.57. The molecule has 0 saturated heterocycles. The van der Waals surface area contributed by atoms with Crippen LogP contribution in [0.15, 0.2) is 0 Å². The van der Waals surface area contributed by atoms with Crippen molar-refractivity contribution in [3.05, 3.63) is 0 Å². The fourth-order valence-corrected chi connectivity index (χ4v) is 0.755. The molecule has 0 aliphatic heterocycles. The number of carbonyl (C=O) groups is 2. The second-order valence-corrected chi connectivity index (χ2v) is 2.54. The van der Waals surface area contributed by atoms with Gasteiger partial charge in [-0.1, -0.05) is 6.92 Å². The number of carbonyl (C=O) groups excluding carboxylic acids is 2. The van der Waals surface area contributed by atoms with Crippen molar-refractivity contribution >= 4 is 11.9 Å². The lowest BCUT2D eigenvalue weighted by Gasteiger charge is -2.06. The fraction of sp³-hybridized carbons (Fsp3) is 0.750. The van der Waals surface area contributed by atoms with Gasteiger partial charge in [0.15, 0.2) is 0 Å². The van der Waals surface area contributed by atoms with Gasteiger partial charge in [0.05, 0.1) is 20.1 Å². The van der Waals surface area contributed by atoms with Crippen molar-refractivity contribution < 1.29 is 19.1 Å². The lowest BCUT2D eigenvalue weighted by Crippen LogP contribution is -2.14. The summed E-state index contributed by atoms with van der Waals surface area (Å²) in [6.45, 7) is 1.72. The maximum absolute atomic E-state index is 10.8. The van der Waals surface area contributed by atoms with Gasteiger partial charge in [0.25, 0.3) is 0 Å². The van der Waals surface area contributed by atoms with Crippen molar-refractivity contribution in [2.75, 3.05) is 14.2 Å². The van der Waals surface area contributed by atoms with Crippen LogP contribution in [0.1, 0.15) is 19.8 Å². The maximum atomic E-state index is 10.8. The van der Waals surface area contributed by atoms with E-state index in [9.17, 15) is 9.59 Å². The Morgan fingerprint density at radius 2 is 1.83 bits per heavy atom. The number of hydrogen-bond donors (Lipinski definition) is 0. The largest absolute Gasteiger partial charge is 0.469 e. The molecular weight excluding hydrogens is 160 g/mol. The summed E-state index contributed by atoms with van der Waals surface area (Å²) in [7, 11) is 2.65. The Balaban J connectivity index is 3.63. The van der Waals surface area contributed by atoms with Crippen LogP contribution in [0.2, 0.25) is 0 Å². The van der Waals surface area contributed by atoms with E-state index in [1.54, 1.807) is 6.92 Å². The molecule has 0 aliphatic rings. The van der Waals surface area contributed by atoms with Gasteiger partial charge in [-0.15, -0.1) is 0 Å². The summed E-state index contributed by atoms with van der Waals surface area (Å²) in [6, 6.07) is 0. The van der Waals surface area contributed by atoms with E-state index in [0.717, 1.165) is 0 Å². The number of rotatable bonds is 4. The van der Waals surface area contributed by atoms with Crippen LogP contribution in [0.5, 0.6) is 0 Å². The van der Waals surface area contributed by atoms with Gasteiger partial charge in [0, 0.05) is 6.42 Å². The van der Waals surface area contributed by atoms with E-state index in [2.05, 4.69) is 9.47 Å². The van der Waals surface area contributed by atoms with Crippen LogP contribution in [0.25, 0.3) is 0 Å². The SMILES string of the molecule is COC(=O)CCC(C)C(=O)OC. The Morgan fingerprint density at radius 3 is 2.25 bits per heavy atom. The highest BCUT2D eigenvalue weighted by Gasteiger charge is 2.14. The molecular formula is C8H14O4.